The Balaban J connectivity index is 2.30. The van der Waals surface area contributed by atoms with Crippen LogP contribution in [0.4, 0.5) is 4.39 Å². The normalized spacial score (nSPS) is 28.4. The number of hydrogen-bond acceptors (Lipinski definition) is 2. The highest BCUT2D eigenvalue weighted by Crippen LogP contribution is 2.48. The molecule has 20 heavy (non-hydrogen) atoms. The van der Waals surface area contributed by atoms with E-state index in [0.717, 1.165) is 25.7 Å². The molecule has 0 spiro atoms. The van der Waals surface area contributed by atoms with Gasteiger partial charge in [-0.1, -0.05) is 43.9 Å². The van der Waals surface area contributed by atoms with Crippen molar-refractivity contribution < 1.29 is 9.50 Å². The summed E-state index contributed by atoms with van der Waals surface area (Å²) in [6, 6.07) is 4.45. The molecule has 112 valence electrons. The lowest BCUT2D eigenvalue weighted by Crippen LogP contribution is -2.41. The molecule has 1 aromatic carbocycles. The Morgan fingerprint density at radius 1 is 1.55 bits per heavy atom. The lowest BCUT2D eigenvalue weighted by atomic mass is 9.64. The minimum absolute atomic E-state index is 0.316. The summed E-state index contributed by atoms with van der Waals surface area (Å²) in [5.41, 5.74) is 5.87. The molecule has 0 radical (unpaired) electrons. The van der Waals surface area contributed by atoms with Crippen LogP contribution >= 0.6 is 11.6 Å². The molecule has 0 amide bonds. The van der Waals surface area contributed by atoms with Crippen LogP contribution in [0.1, 0.15) is 50.7 Å². The van der Waals surface area contributed by atoms with Crippen molar-refractivity contribution in [2.24, 2.45) is 17.1 Å². The van der Waals surface area contributed by atoms with E-state index in [-0.39, 0.29) is 0 Å². The molecule has 1 aliphatic rings. The van der Waals surface area contributed by atoms with Crippen LogP contribution in [0.3, 0.4) is 0 Å². The zero-order valence-electron chi connectivity index (χ0n) is 11.9. The molecule has 0 aliphatic heterocycles. The zero-order valence-corrected chi connectivity index (χ0v) is 12.7. The summed E-state index contributed by atoms with van der Waals surface area (Å²) in [7, 11) is 0. The second-order valence-electron chi connectivity index (χ2n) is 6.01. The number of nitrogens with two attached hydrogens (primary N) is 1. The zero-order chi connectivity index (χ0) is 14.8. The lowest BCUT2D eigenvalue weighted by Gasteiger charge is -2.43. The maximum absolute atomic E-state index is 14.1. The molecular weight excluding hydrogens is 277 g/mol. The molecule has 1 saturated carbocycles. The first kappa shape index (κ1) is 15.7. The summed E-state index contributed by atoms with van der Waals surface area (Å²) in [6.45, 7) is 2.54. The van der Waals surface area contributed by atoms with Crippen molar-refractivity contribution in [3.63, 3.8) is 0 Å². The van der Waals surface area contributed by atoms with Crippen molar-refractivity contribution in [3.8, 4) is 0 Å². The molecule has 3 N–H and O–H groups in total. The van der Waals surface area contributed by atoms with Gasteiger partial charge in [-0.3, -0.25) is 0 Å². The van der Waals surface area contributed by atoms with E-state index in [1.807, 2.05) is 0 Å². The van der Waals surface area contributed by atoms with Gasteiger partial charge in [-0.15, -0.1) is 0 Å². The second-order valence-corrected chi connectivity index (χ2v) is 6.44. The summed E-state index contributed by atoms with van der Waals surface area (Å²) in [4.78, 5) is 0. The smallest absolute Gasteiger partial charge is 0.130 e. The van der Waals surface area contributed by atoms with E-state index < -0.39 is 17.3 Å². The van der Waals surface area contributed by atoms with E-state index in [0.29, 0.717) is 23.0 Å². The molecule has 0 bridgehead atoms. The van der Waals surface area contributed by atoms with Crippen molar-refractivity contribution in [2.45, 2.75) is 45.1 Å². The Bertz CT molecular complexity index is 468. The number of benzene rings is 1. The second kappa shape index (κ2) is 6.42. The number of aliphatic hydroxyl groups is 1. The van der Waals surface area contributed by atoms with E-state index in [1.54, 1.807) is 12.1 Å². The largest absolute Gasteiger partial charge is 0.388 e. The molecule has 3 atom stereocenters. The minimum atomic E-state index is -0.862. The number of aliphatic hydroxyl groups excluding tert-OH is 1. The molecule has 4 heteroatoms. The molecular formula is C16H23ClFNO. The van der Waals surface area contributed by atoms with Crippen molar-refractivity contribution in [2.75, 3.05) is 6.54 Å². The first-order valence-electron chi connectivity index (χ1n) is 7.35. The van der Waals surface area contributed by atoms with E-state index in [1.165, 1.54) is 12.5 Å². The maximum Gasteiger partial charge on any atom is 0.130 e. The Morgan fingerprint density at radius 3 is 2.90 bits per heavy atom. The van der Waals surface area contributed by atoms with Gasteiger partial charge in [0.15, 0.2) is 0 Å². The molecule has 0 aromatic heterocycles. The quantitative estimate of drug-likeness (QED) is 0.881. The van der Waals surface area contributed by atoms with Crippen LogP contribution in [0.2, 0.25) is 5.02 Å². The SMILES string of the molecule is CCC1CCCC(CN)(C(O)c2ccc(Cl)cc2F)C1. The highest BCUT2D eigenvalue weighted by atomic mass is 35.5. The maximum atomic E-state index is 14.1. The van der Waals surface area contributed by atoms with Gasteiger partial charge in [-0.25, -0.2) is 4.39 Å². The van der Waals surface area contributed by atoms with E-state index in [4.69, 9.17) is 17.3 Å². The van der Waals surface area contributed by atoms with Crippen molar-refractivity contribution in [1.29, 1.82) is 0 Å². The van der Waals surface area contributed by atoms with Gasteiger partial charge >= 0.3 is 0 Å². The summed E-state index contributed by atoms with van der Waals surface area (Å²) in [5, 5.41) is 11.1. The van der Waals surface area contributed by atoms with Crippen LogP contribution in [0, 0.1) is 17.2 Å². The lowest BCUT2D eigenvalue weighted by molar-refractivity contribution is -0.0181. The molecule has 1 aromatic rings. The Kier molecular flexibility index (Phi) is 5.05. The number of halogens is 2. The highest BCUT2D eigenvalue weighted by molar-refractivity contribution is 6.30. The molecule has 0 heterocycles. The van der Waals surface area contributed by atoms with Crippen molar-refractivity contribution >= 4 is 11.6 Å². The molecule has 0 saturated heterocycles. The van der Waals surface area contributed by atoms with Gasteiger partial charge in [0.1, 0.15) is 5.82 Å². The predicted octanol–water partition coefficient (Wildman–Crippen LogP) is 4.06. The fraction of sp³-hybridized carbons (Fsp3) is 0.625. The van der Waals surface area contributed by atoms with Gasteiger partial charge < -0.3 is 10.8 Å². The van der Waals surface area contributed by atoms with Crippen LogP contribution in [0.15, 0.2) is 18.2 Å². The van der Waals surface area contributed by atoms with Crippen molar-refractivity contribution in [3.05, 3.63) is 34.6 Å². The fourth-order valence-corrected chi connectivity index (χ4v) is 3.63. The van der Waals surface area contributed by atoms with Crippen LogP contribution in [0.25, 0.3) is 0 Å². The third-order valence-corrected chi connectivity index (χ3v) is 5.04. The Labute approximate surface area is 125 Å². The van der Waals surface area contributed by atoms with Gasteiger partial charge in [0.05, 0.1) is 6.10 Å². The molecule has 1 aliphatic carbocycles. The standard InChI is InChI=1S/C16H23ClFNO/c1-2-11-4-3-7-16(9-11,10-19)15(20)13-6-5-12(17)8-14(13)18/h5-6,8,11,15,20H,2-4,7,9-10,19H2,1H3. The topological polar surface area (TPSA) is 46.2 Å². The number of hydrogen-bond donors (Lipinski definition) is 2. The molecule has 2 nitrogen and oxygen atoms in total. The van der Waals surface area contributed by atoms with Gasteiger partial charge in [0.2, 0.25) is 0 Å². The fourth-order valence-electron chi connectivity index (χ4n) is 3.47. The molecule has 2 rings (SSSR count). The van der Waals surface area contributed by atoms with Crippen LogP contribution in [0.5, 0.6) is 0 Å². The first-order chi connectivity index (χ1) is 9.52. The van der Waals surface area contributed by atoms with Crippen LogP contribution in [-0.4, -0.2) is 11.7 Å². The van der Waals surface area contributed by atoms with Gasteiger partial charge in [-0.05, 0) is 30.9 Å². The Hall–Kier alpha value is -0.640. The third-order valence-electron chi connectivity index (χ3n) is 4.80. The summed E-state index contributed by atoms with van der Waals surface area (Å²) >= 11 is 5.78. The summed E-state index contributed by atoms with van der Waals surface area (Å²) < 4.78 is 14.1. The van der Waals surface area contributed by atoms with E-state index in [9.17, 15) is 9.50 Å². The van der Waals surface area contributed by atoms with Crippen LogP contribution < -0.4 is 5.73 Å². The first-order valence-corrected chi connectivity index (χ1v) is 7.73. The Morgan fingerprint density at radius 2 is 2.30 bits per heavy atom. The molecule has 1 fully saturated rings. The monoisotopic (exact) mass is 299 g/mol. The molecule has 3 unspecified atom stereocenters. The van der Waals surface area contributed by atoms with Gasteiger partial charge in [0.25, 0.3) is 0 Å². The summed E-state index contributed by atoms with van der Waals surface area (Å²) in [6.07, 6.45) is 4.15. The average molecular weight is 300 g/mol. The highest BCUT2D eigenvalue weighted by Gasteiger charge is 2.42. The minimum Gasteiger partial charge on any atom is -0.388 e. The number of rotatable bonds is 4. The van der Waals surface area contributed by atoms with E-state index >= 15 is 0 Å². The van der Waals surface area contributed by atoms with Crippen molar-refractivity contribution in [1.82, 2.24) is 0 Å². The summed E-state index contributed by atoms with van der Waals surface area (Å²) in [5.74, 6) is 0.119. The van der Waals surface area contributed by atoms with Crippen LogP contribution in [-0.2, 0) is 0 Å². The van der Waals surface area contributed by atoms with E-state index in [2.05, 4.69) is 6.92 Å². The third kappa shape index (κ3) is 3.00. The average Bonchev–Trinajstić information content (AvgIpc) is 2.46. The van der Waals surface area contributed by atoms with Gasteiger partial charge in [0, 0.05) is 22.5 Å². The van der Waals surface area contributed by atoms with Gasteiger partial charge in [-0.2, -0.15) is 0 Å². The predicted molar refractivity (Wildman–Crippen MR) is 80.1 cm³/mol.